The lowest BCUT2D eigenvalue weighted by Gasteiger charge is -2.17. The first kappa shape index (κ1) is 19.4. The van der Waals surface area contributed by atoms with Crippen molar-refractivity contribution < 1.29 is 9.59 Å². The number of H-pyrrole nitrogens is 1. The average Bonchev–Trinajstić information content (AvgIpc) is 3.19. The van der Waals surface area contributed by atoms with Crippen molar-refractivity contribution in [1.82, 2.24) is 15.3 Å². The molecule has 0 fully saturated rings. The number of urea groups is 1. The molecule has 1 heterocycles. The normalized spacial score (nSPS) is 11.8. The third kappa shape index (κ3) is 4.55. The maximum atomic E-state index is 12.7. The van der Waals surface area contributed by atoms with E-state index in [4.69, 9.17) is 0 Å². The standard InChI is InChI=1S/C24H22N4O2/c1-16(29)18-11-13-19(14-12-18)25-24(30)28-22(15-17-7-3-2-4-8-17)23-26-20-9-5-6-10-21(20)27-23/h2-14,22H,15H2,1H3,(H,26,27)(H2,25,28,30)/t22-/m1/s1. The van der Waals surface area contributed by atoms with Crippen LogP contribution in [0.2, 0.25) is 0 Å². The van der Waals surface area contributed by atoms with Gasteiger partial charge in [0.25, 0.3) is 0 Å². The van der Waals surface area contributed by atoms with Crippen LogP contribution < -0.4 is 10.6 Å². The second-order valence-electron chi connectivity index (χ2n) is 7.11. The fourth-order valence-electron chi connectivity index (χ4n) is 3.32. The maximum Gasteiger partial charge on any atom is 0.319 e. The van der Waals surface area contributed by atoms with Crippen molar-refractivity contribution in [2.24, 2.45) is 0 Å². The summed E-state index contributed by atoms with van der Waals surface area (Å²) in [6.45, 7) is 1.51. The van der Waals surface area contributed by atoms with E-state index in [1.54, 1.807) is 24.3 Å². The van der Waals surface area contributed by atoms with Crippen LogP contribution in [0, 0.1) is 0 Å². The number of carbonyl (C=O) groups excluding carboxylic acids is 2. The Morgan fingerprint density at radius 2 is 1.63 bits per heavy atom. The van der Waals surface area contributed by atoms with Gasteiger partial charge in [-0.15, -0.1) is 0 Å². The first-order valence-electron chi connectivity index (χ1n) is 9.75. The average molecular weight is 398 g/mol. The van der Waals surface area contributed by atoms with Gasteiger partial charge in [-0.3, -0.25) is 4.79 Å². The third-order valence-electron chi connectivity index (χ3n) is 4.88. The number of aromatic nitrogens is 2. The summed E-state index contributed by atoms with van der Waals surface area (Å²) in [5.41, 5.74) is 4.08. The molecule has 0 spiro atoms. The number of hydrogen-bond donors (Lipinski definition) is 3. The quantitative estimate of drug-likeness (QED) is 0.405. The topological polar surface area (TPSA) is 86.9 Å². The SMILES string of the molecule is CC(=O)c1ccc(NC(=O)N[C@H](Cc2ccccc2)c2nc3ccccc3[nH]2)cc1. The summed E-state index contributed by atoms with van der Waals surface area (Å²) < 4.78 is 0. The molecule has 3 aromatic carbocycles. The summed E-state index contributed by atoms with van der Waals surface area (Å²) in [6.07, 6.45) is 0.595. The second kappa shape index (κ2) is 8.61. The number of rotatable bonds is 6. The number of para-hydroxylation sites is 2. The molecule has 0 radical (unpaired) electrons. The molecule has 0 aliphatic rings. The Bertz CT molecular complexity index is 1130. The predicted octanol–water partition coefficient (Wildman–Crippen LogP) is 4.87. The van der Waals surface area contributed by atoms with Crippen LogP contribution >= 0.6 is 0 Å². The van der Waals surface area contributed by atoms with Crippen LogP contribution in [0.15, 0.2) is 78.9 Å². The van der Waals surface area contributed by atoms with Crippen LogP contribution in [0.25, 0.3) is 11.0 Å². The molecule has 0 unspecified atom stereocenters. The van der Waals surface area contributed by atoms with Gasteiger partial charge in [0.15, 0.2) is 5.78 Å². The Balaban J connectivity index is 1.54. The first-order valence-corrected chi connectivity index (χ1v) is 9.75. The highest BCUT2D eigenvalue weighted by Crippen LogP contribution is 2.20. The molecule has 6 nitrogen and oxygen atoms in total. The molecule has 2 amide bonds. The van der Waals surface area contributed by atoms with E-state index in [-0.39, 0.29) is 17.9 Å². The smallest absolute Gasteiger partial charge is 0.319 e. The summed E-state index contributed by atoms with van der Waals surface area (Å²) in [4.78, 5) is 32.1. The van der Waals surface area contributed by atoms with Gasteiger partial charge in [-0.2, -0.15) is 0 Å². The van der Waals surface area contributed by atoms with Crippen molar-refractivity contribution in [1.29, 1.82) is 0 Å². The van der Waals surface area contributed by atoms with Gasteiger partial charge in [-0.05, 0) is 55.3 Å². The summed E-state index contributed by atoms with van der Waals surface area (Å²) >= 11 is 0. The molecule has 1 aromatic heterocycles. The minimum Gasteiger partial charge on any atom is -0.340 e. The zero-order chi connectivity index (χ0) is 20.9. The van der Waals surface area contributed by atoms with Crippen LogP contribution in [-0.4, -0.2) is 21.8 Å². The number of ketones is 1. The molecule has 0 bridgehead atoms. The summed E-state index contributed by atoms with van der Waals surface area (Å²) in [7, 11) is 0. The molecule has 0 aliphatic carbocycles. The Labute approximate surface area is 174 Å². The van der Waals surface area contributed by atoms with Gasteiger partial charge in [0.2, 0.25) is 0 Å². The number of anilines is 1. The number of fused-ring (bicyclic) bond motifs is 1. The lowest BCUT2D eigenvalue weighted by atomic mass is 10.1. The van der Waals surface area contributed by atoms with E-state index >= 15 is 0 Å². The van der Waals surface area contributed by atoms with Gasteiger partial charge in [0.1, 0.15) is 5.82 Å². The fourth-order valence-corrected chi connectivity index (χ4v) is 3.32. The van der Waals surface area contributed by atoms with Gasteiger partial charge in [0.05, 0.1) is 17.1 Å². The summed E-state index contributed by atoms with van der Waals surface area (Å²) in [5, 5.41) is 5.84. The van der Waals surface area contributed by atoms with Crippen LogP contribution in [0.4, 0.5) is 10.5 Å². The molecule has 30 heavy (non-hydrogen) atoms. The van der Waals surface area contributed by atoms with E-state index in [1.807, 2.05) is 54.6 Å². The number of nitrogens with zero attached hydrogens (tertiary/aromatic N) is 1. The molecule has 6 heteroatoms. The highest BCUT2D eigenvalue weighted by molar-refractivity contribution is 5.95. The maximum absolute atomic E-state index is 12.7. The predicted molar refractivity (Wildman–Crippen MR) is 118 cm³/mol. The van der Waals surface area contributed by atoms with Crippen molar-refractivity contribution in [3.05, 3.63) is 95.8 Å². The number of amides is 2. The summed E-state index contributed by atoms with van der Waals surface area (Å²) in [5.74, 6) is 0.681. The van der Waals surface area contributed by atoms with E-state index in [2.05, 4.69) is 20.6 Å². The molecule has 0 aliphatic heterocycles. The zero-order valence-electron chi connectivity index (χ0n) is 16.6. The number of nitrogens with one attached hydrogen (secondary N) is 3. The van der Waals surface area contributed by atoms with E-state index in [9.17, 15) is 9.59 Å². The molecular weight excluding hydrogens is 376 g/mol. The van der Waals surface area contributed by atoms with Crippen molar-refractivity contribution in [3.8, 4) is 0 Å². The minimum atomic E-state index is -0.341. The molecule has 1 atom stereocenters. The minimum absolute atomic E-state index is 0.0150. The Morgan fingerprint density at radius 3 is 2.33 bits per heavy atom. The molecule has 4 aromatic rings. The van der Waals surface area contributed by atoms with E-state index in [1.165, 1.54) is 6.92 Å². The Kier molecular flexibility index (Phi) is 5.57. The van der Waals surface area contributed by atoms with Crippen LogP contribution in [-0.2, 0) is 6.42 Å². The lowest BCUT2D eigenvalue weighted by Crippen LogP contribution is -2.34. The Hall–Kier alpha value is -3.93. The zero-order valence-corrected chi connectivity index (χ0v) is 16.6. The lowest BCUT2D eigenvalue weighted by molar-refractivity contribution is 0.101. The van der Waals surface area contributed by atoms with Gasteiger partial charge in [-0.25, -0.2) is 9.78 Å². The number of hydrogen-bond acceptors (Lipinski definition) is 3. The van der Waals surface area contributed by atoms with E-state index < -0.39 is 0 Å². The van der Waals surface area contributed by atoms with Crippen LogP contribution in [0.5, 0.6) is 0 Å². The van der Waals surface area contributed by atoms with Crippen molar-refractivity contribution in [3.63, 3.8) is 0 Å². The number of carbonyl (C=O) groups is 2. The number of Topliss-reactive ketones (excluding diaryl/α,β-unsaturated/α-hetero) is 1. The third-order valence-corrected chi connectivity index (χ3v) is 4.88. The van der Waals surface area contributed by atoms with Crippen molar-refractivity contribution >= 4 is 28.5 Å². The Morgan fingerprint density at radius 1 is 0.933 bits per heavy atom. The number of aromatic amines is 1. The fraction of sp³-hybridized carbons (Fsp3) is 0.125. The van der Waals surface area contributed by atoms with Gasteiger partial charge in [-0.1, -0.05) is 42.5 Å². The highest BCUT2D eigenvalue weighted by Gasteiger charge is 2.19. The number of imidazole rings is 1. The molecule has 0 saturated carbocycles. The van der Waals surface area contributed by atoms with Gasteiger partial charge in [0, 0.05) is 11.3 Å². The number of benzene rings is 3. The molecule has 0 saturated heterocycles. The summed E-state index contributed by atoms with van der Waals surface area (Å²) in [6, 6.07) is 23.9. The van der Waals surface area contributed by atoms with E-state index in [0.717, 1.165) is 16.6 Å². The first-order chi connectivity index (χ1) is 14.6. The van der Waals surface area contributed by atoms with Crippen LogP contribution in [0.3, 0.4) is 0 Å². The monoisotopic (exact) mass is 398 g/mol. The van der Waals surface area contributed by atoms with Gasteiger partial charge >= 0.3 is 6.03 Å². The molecule has 3 N–H and O–H groups in total. The molecular formula is C24H22N4O2. The second-order valence-corrected chi connectivity index (χ2v) is 7.11. The van der Waals surface area contributed by atoms with Crippen molar-refractivity contribution in [2.75, 3.05) is 5.32 Å². The molecule has 4 rings (SSSR count). The van der Waals surface area contributed by atoms with Gasteiger partial charge < -0.3 is 15.6 Å². The van der Waals surface area contributed by atoms with Crippen LogP contribution in [0.1, 0.15) is 34.7 Å². The highest BCUT2D eigenvalue weighted by atomic mass is 16.2. The van der Waals surface area contributed by atoms with E-state index in [0.29, 0.717) is 23.5 Å². The largest absolute Gasteiger partial charge is 0.340 e. The van der Waals surface area contributed by atoms with Crippen molar-refractivity contribution in [2.45, 2.75) is 19.4 Å². The molecule has 150 valence electrons.